The fraction of sp³-hybridized carbons (Fsp3) is 0.478. The maximum atomic E-state index is 12.3. The van der Waals surface area contributed by atoms with Crippen molar-refractivity contribution < 1.29 is 33.0 Å². The van der Waals surface area contributed by atoms with Crippen LogP contribution in [0.15, 0.2) is 48.6 Å². The van der Waals surface area contributed by atoms with Crippen LogP contribution in [0.2, 0.25) is 5.02 Å². The summed E-state index contributed by atoms with van der Waals surface area (Å²) in [5.41, 5.74) is 0. The van der Waals surface area contributed by atoms with E-state index >= 15 is 0 Å². The Labute approximate surface area is 199 Å². The van der Waals surface area contributed by atoms with Crippen molar-refractivity contribution in [1.29, 1.82) is 0 Å². The van der Waals surface area contributed by atoms with Crippen LogP contribution in [0, 0.1) is 11.8 Å². The highest BCUT2D eigenvalue weighted by Gasteiger charge is 2.39. The average molecular weight is 500 g/mol. The number of ketones is 1. The molecule has 1 aromatic rings. The number of allylic oxidation sites excluding steroid dienone is 3. The minimum absolute atomic E-state index is 0.00220. The second-order valence-electron chi connectivity index (χ2n) is 8.04. The minimum Gasteiger partial charge on any atom is -0.491 e. The number of amides is 1. The quantitative estimate of drug-likeness (QED) is 0.297. The molecule has 182 valence electrons. The third-order valence-corrected chi connectivity index (χ3v) is 5.98. The summed E-state index contributed by atoms with van der Waals surface area (Å²) >= 11 is 5.90. The van der Waals surface area contributed by atoms with Gasteiger partial charge in [-0.15, -0.1) is 0 Å². The fourth-order valence-electron chi connectivity index (χ4n) is 3.58. The number of Topliss-reactive ketones (excluding diaryl/α,β-unsaturated/α-hetero) is 1. The largest absolute Gasteiger partial charge is 0.491 e. The van der Waals surface area contributed by atoms with E-state index in [1.807, 2.05) is 16.9 Å². The van der Waals surface area contributed by atoms with E-state index in [0.29, 0.717) is 30.0 Å². The van der Waals surface area contributed by atoms with Gasteiger partial charge >= 0.3 is 0 Å². The van der Waals surface area contributed by atoms with Crippen LogP contribution in [-0.4, -0.2) is 55.4 Å². The topological polar surface area (TPSA) is 130 Å². The number of aliphatic hydroxyl groups is 2. The molecule has 3 N–H and O–H groups in total. The summed E-state index contributed by atoms with van der Waals surface area (Å²) in [6.45, 7) is -0.00220. The van der Waals surface area contributed by atoms with Crippen LogP contribution in [0.5, 0.6) is 5.75 Å². The molecule has 1 aliphatic carbocycles. The third-order valence-electron chi connectivity index (χ3n) is 5.14. The Balaban J connectivity index is 1.79. The lowest BCUT2D eigenvalue weighted by Crippen LogP contribution is -2.28. The summed E-state index contributed by atoms with van der Waals surface area (Å²) in [5.74, 6) is -0.923. The number of hydrogen-bond acceptors (Lipinski definition) is 7. The highest BCUT2D eigenvalue weighted by Crippen LogP contribution is 2.33. The molecule has 1 aromatic carbocycles. The summed E-state index contributed by atoms with van der Waals surface area (Å²) in [7, 11) is -3.55. The van der Waals surface area contributed by atoms with Gasteiger partial charge < -0.3 is 14.9 Å². The molecule has 0 unspecified atom stereocenters. The number of carbonyl (C=O) groups is 2. The predicted molar refractivity (Wildman–Crippen MR) is 125 cm³/mol. The Bertz CT molecular complexity index is 977. The first kappa shape index (κ1) is 27.0. The van der Waals surface area contributed by atoms with Gasteiger partial charge in [0, 0.05) is 29.7 Å². The standard InChI is InChI=1S/C23H30ClNO7S/c1-33(30,31)25-23(29)10-5-3-2-4-9-19-20(22(28)14-21(19)27)12-11-17(26)15-32-18-8-6-7-16(24)13-18/h2,4,6-8,11-13,17,19-21,26-27H,3,5,9-10,14-15H2,1H3,(H,25,29)/b4-2-,12-11+/t17-,19-,20-,21+/m1/s1. The highest BCUT2D eigenvalue weighted by atomic mass is 35.5. The Hall–Kier alpha value is -2.20. The van der Waals surface area contributed by atoms with Crippen LogP contribution in [0.3, 0.4) is 0 Å². The van der Waals surface area contributed by atoms with Gasteiger partial charge in [-0.3, -0.25) is 14.3 Å². The smallest absolute Gasteiger partial charge is 0.233 e. The van der Waals surface area contributed by atoms with Gasteiger partial charge in [0.15, 0.2) is 0 Å². The van der Waals surface area contributed by atoms with Gasteiger partial charge in [0.2, 0.25) is 15.9 Å². The number of rotatable bonds is 12. The van der Waals surface area contributed by atoms with Gasteiger partial charge in [0.1, 0.15) is 24.2 Å². The number of sulfonamides is 1. The average Bonchev–Trinajstić information content (AvgIpc) is 2.98. The summed E-state index contributed by atoms with van der Waals surface area (Å²) < 4.78 is 29.4. The number of hydrogen-bond donors (Lipinski definition) is 3. The van der Waals surface area contributed by atoms with Gasteiger partial charge in [-0.25, -0.2) is 8.42 Å². The molecular formula is C23H30ClNO7S. The van der Waals surface area contributed by atoms with E-state index in [2.05, 4.69) is 0 Å². The molecule has 2 rings (SSSR count). The van der Waals surface area contributed by atoms with Crippen molar-refractivity contribution in [1.82, 2.24) is 4.72 Å². The van der Waals surface area contributed by atoms with Gasteiger partial charge in [-0.2, -0.15) is 0 Å². The van der Waals surface area contributed by atoms with Crippen molar-refractivity contribution in [3.63, 3.8) is 0 Å². The van der Waals surface area contributed by atoms with E-state index in [-0.39, 0.29) is 31.1 Å². The normalized spacial score (nSPS) is 22.2. The summed E-state index contributed by atoms with van der Waals surface area (Å²) in [6.07, 6.45) is 7.71. The fourth-order valence-corrected chi connectivity index (χ4v) is 4.27. The first-order valence-electron chi connectivity index (χ1n) is 10.7. The molecule has 0 bridgehead atoms. The van der Waals surface area contributed by atoms with E-state index in [1.165, 1.54) is 6.08 Å². The number of halogens is 1. The summed E-state index contributed by atoms with van der Waals surface area (Å²) in [4.78, 5) is 23.8. The molecule has 33 heavy (non-hydrogen) atoms. The molecule has 0 spiro atoms. The first-order chi connectivity index (χ1) is 15.5. The Morgan fingerprint density at radius 1 is 1.36 bits per heavy atom. The van der Waals surface area contributed by atoms with E-state index in [1.54, 1.807) is 30.3 Å². The predicted octanol–water partition coefficient (Wildman–Crippen LogP) is 2.39. The Morgan fingerprint density at radius 3 is 2.82 bits per heavy atom. The van der Waals surface area contributed by atoms with Gasteiger partial charge in [-0.05, 0) is 37.5 Å². The molecule has 4 atom stereocenters. The SMILES string of the molecule is CS(=O)(=O)NC(=O)CCC/C=C\C[C@H]1[C@@H](O)CC(=O)[C@@H]1/C=C/[C@@H](O)COc1cccc(Cl)c1. The third kappa shape index (κ3) is 10.1. The molecule has 10 heteroatoms. The van der Waals surface area contributed by atoms with Crippen molar-refractivity contribution in [3.05, 3.63) is 53.6 Å². The molecule has 1 aliphatic rings. The highest BCUT2D eigenvalue weighted by molar-refractivity contribution is 7.89. The Morgan fingerprint density at radius 2 is 2.12 bits per heavy atom. The number of benzene rings is 1. The molecule has 0 aromatic heterocycles. The minimum atomic E-state index is -3.55. The lowest BCUT2D eigenvalue weighted by atomic mass is 9.90. The van der Waals surface area contributed by atoms with E-state index < -0.39 is 34.1 Å². The van der Waals surface area contributed by atoms with Crippen LogP contribution < -0.4 is 9.46 Å². The van der Waals surface area contributed by atoms with E-state index in [0.717, 1.165) is 6.26 Å². The van der Waals surface area contributed by atoms with Crippen LogP contribution in [-0.2, 0) is 19.6 Å². The first-order valence-corrected chi connectivity index (χ1v) is 12.9. The van der Waals surface area contributed by atoms with Crippen molar-refractivity contribution >= 4 is 33.3 Å². The number of nitrogens with one attached hydrogen (secondary N) is 1. The van der Waals surface area contributed by atoms with Gasteiger partial charge in [0.25, 0.3) is 0 Å². The summed E-state index contributed by atoms with van der Waals surface area (Å²) in [5, 5.41) is 20.9. The van der Waals surface area contributed by atoms with Crippen LogP contribution in [0.25, 0.3) is 0 Å². The van der Waals surface area contributed by atoms with E-state index in [4.69, 9.17) is 16.3 Å². The molecule has 0 saturated heterocycles. The number of aliphatic hydroxyl groups excluding tert-OH is 2. The van der Waals surface area contributed by atoms with Crippen LogP contribution >= 0.6 is 11.6 Å². The Kier molecular flexibility index (Phi) is 10.6. The lowest BCUT2D eigenvalue weighted by Gasteiger charge is -2.17. The molecule has 1 fully saturated rings. The van der Waals surface area contributed by atoms with Crippen molar-refractivity contribution in [2.75, 3.05) is 12.9 Å². The van der Waals surface area contributed by atoms with Crippen LogP contribution in [0.4, 0.5) is 0 Å². The van der Waals surface area contributed by atoms with Gasteiger partial charge in [0.05, 0.1) is 12.4 Å². The van der Waals surface area contributed by atoms with Crippen LogP contribution in [0.1, 0.15) is 32.1 Å². The molecule has 0 aliphatic heterocycles. The zero-order valence-corrected chi connectivity index (χ0v) is 20.0. The number of ether oxygens (including phenoxy) is 1. The molecule has 0 heterocycles. The van der Waals surface area contributed by atoms with E-state index in [9.17, 15) is 28.2 Å². The monoisotopic (exact) mass is 499 g/mol. The van der Waals surface area contributed by atoms with Crippen molar-refractivity contribution in [2.45, 2.75) is 44.3 Å². The molecule has 8 nitrogen and oxygen atoms in total. The molecule has 0 radical (unpaired) electrons. The number of carbonyl (C=O) groups excluding carboxylic acids is 2. The zero-order valence-electron chi connectivity index (χ0n) is 18.4. The van der Waals surface area contributed by atoms with Crippen molar-refractivity contribution in [3.8, 4) is 5.75 Å². The summed E-state index contributed by atoms with van der Waals surface area (Å²) in [6, 6.07) is 6.81. The number of unbranched alkanes of at least 4 members (excludes halogenated alkanes) is 1. The lowest BCUT2D eigenvalue weighted by molar-refractivity contribution is -0.120. The maximum absolute atomic E-state index is 12.3. The molecule has 1 saturated carbocycles. The maximum Gasteiger partial charge on any atom is 0.233 e. The molecular weight excluding hydrogens is 470 g/mol. The van der Waals surface area contributed by atoms with Crippen molar-refractivity contribution in [2.24, 2.45) is 11.8 Å². The second kappa shape index (κ2) is 12.9. The van der Waals surface area contributed by atoms with Gasteiger partial charge in [-0.1, -0.05) is 42.0 Å². The zero-order chi connectivity index (χ0) is 24.4. The molecule has 1 amide bonds. The second-order valence-corrected chi connectivity index (χ2v) is 10.2.